The predicted molar refractivity (Wildman–Crippen MR) is 197 cm³/mol. The zero-order valence-electron chi connectivity index (χ0n) is 30.2. The number of rotatable bonds is 13. The summed E-state index contributed by atoms with van der Waals surface area (Å²) >= 11 is 1.56. The van der Waals surface area contributed by atoms with E-state index in [0.29, 0.717) is 85.6 Å². The Morgan fingerprint density at radius 2 is 1.77 bits per heavy atom. The molecule has 2 aliphatic rings. The first-order valence-corrected chi connectivity index (χ1v) is 18.8. The number of carboxylic acids is 1. The highest BCUT2D eigenvalue weighted by Gasteiger charge is 2.38. The zero-order chi connectivity index (χ0) is 38.4. The molecule has 2 fully saturated rings. The summed E-state index contributed by atoms with van der Waals surface area (Å²) in [4.78, 5) is 79.8. The summed E-state index contributed by atoms with van der Waals surface area (Å²) in [6.45, 7) is 7.20. The summed E-state index contributed by atoms with van der Waals surface area (Å²) in [5.74, 6) is -1.85. The van der Waals surface area contributed by atoms with E-state index in [4.69, 9.17) is 9.47 Å². The average Bonchev–Trinajstić information content (AvgIpc) is 3.64. The number of nitrogens with one attached hydrogen (secondary N) is 1. The topological polar surface area (TPSA) is 168 Å². The van der Waals surface area contributed by atoms with Gasteiger partial charge in [0.05, 0.1) is 11.2 Å². The first-order chi connectivity index (χ1) is 25.4. The van der Waals surface area contributed by atoms with Gasteiger partial charge in [-0.15, -0.1) is 0 Å². The number of piperazine rings is 1. The molecular weight excluding hydrogens is 709 g/mol. The number of likely N-dealkylation sites (tertiary alicyclic amines) is 1. The average molecular weight is 754 g/mol. The van der Waals surface area contributed by atoms with Crippen LogP contribution in [0, 0.1) is 19.7 Å². The van der Waals surface area contributed by atoms with Gasteiger partial charge in [0, 0.05) is 50.9 Å². The Morgan fingerprint density at radius 3 is 2.40 bits per heavy atom. The number of pyridine rings is 1. The molecule has 2 atom stereocenters. The number of carboxylic acid groups (broad SMARTS) is 1. The molecule has 2 N–H and O–H groups in total. The summed E-state index contributed by atoms with van der Waals surface area (Å²) in [5, 5.41) is 12.0. The fourth-order valence-electron chi connectivity index (χ4n) is 6.95. The van der Waals surface area contributed by atoms with Gasteiger partial charge in [0.1, 0.15) is 35.8 Å². The number of benzene rings is 2. The van der Waals surface area contributed by atoms with Gasteiger partial charge in [0.15, 0.2) is 0 Å². The smallest absolute Gasteiger partial charge is 0.410 e. The molecule has 0 radical (unpaired) electrons. The van der Waals surface area contributed by atoms with Gasteiger partial charge in [0.25, 0.3) is 0 Å². The molecule has 1 aromatic heterocycles. The first-order valence-electron chi connectivity index (χ1n) is 17.5. The third-order valence-corrected chi connectivity index (χ3v) is 10.3. The van der Waals surface area contributed by atoms with E-state index in [1.54, 1.807) is 60.2 Å². The normalized spacial score (nSPS) is 16.4. The molecule has 3 amide bonds. The molecule has 3 heterocycles. The van der Waals surface area contributed by atoms with Crippen LogP contribution in [0.2, 0.25) is 0 Å². The number of ether oxygens (including phenoxy) is 2. The molecule has 5 rings (SSSR count). The third-order valence-electron chi connectivity index (χ3n) is 9.67. The Labute approximate surface area is 310 Å². The van der Waals surface area contributed by atoms with Crippen molar-refractivity contribution >= 4 is 58.7 Å². The van der Waals surface area contributed by atoms with E-state index < -0.39 is 46.9 Å². The van der Waals surface area contributed by atoms with Crippen LogP contribution in [0.3, 0.4) is 0 Å². The van der Waals surface area contributed by atoms with Crippen LogP contribution in [0.4, 0.5) is 14.9 Å². The summed E-state index contributed by atoms with van der Waals surface area (Å²) in [6, 6.07) is 4.67. The molecule has 0 saturated carbocycles. The standard InChI is InChI=1S/C37H44FN5O9S/c1-5-40-19-26(35(47)48)32(45)25-17-27(38)31(18-30(25)40)41-10-12-42(13-11-41)37(50)51-20-24-15-22(2)33(23(3)16-24)52-36(49)29-7-6-9-43(29)34(46)28(39-21-44)8-14-53-4/h15-19,21,28-29H,5-14,20H2,1-4H3,(H,39,44)(H,47,48). The Bertz CT molecular complexity index is 1940. The summed E-state index contributed by atoms with van der Waals surface area (Å²) in [7, 11) is 0. The van der Waals surface area contributed by atoms with E-state index in [1.807, 2.05) is 6.26 Å². The maximum Gasteiger partial charge on any atom is 0.410 e. The number of hydrogen-bond acceptors (Lipinski definition) is 10. The Kier molecular flexibility index (Phi) is 12.6. The SMILES string of the molecule is CCn1cc(C(=O)O)c(=O)c2cc(F)c(N3CCN(C(=O)OCc4cc(C)c(OC(=O)C5CCCN5C(=O)C(CCSC)NC=O)c(C)c4)CC3)cc21. The van der Waals surface area contributed by atoms with Crippen molar-refractivity contribution in [3.63, 3.8) is 0 Å². The van der Waals surface area contributed by atoms with E-state index in [1.165, 1.54) is 16.0 Å². The first kappa shape index (κ1) is 39.1. The van der Waals surface area contributed by atoms with Gasteiger partial charge in [-0.2, -0.15) is 11.8 Å². The number of anilines is 1. The molecule has 53 heavy (non-hydrogen) atoms. The number of esters is 1. The molecule has 0 spiro atoms. The van der Waals surface area contributed by atoms with Crippen LogP contribution in [-0.4, -0.2) is 107 Å². The van der Waals surface area contributed by atoms with Crippen LogP contribution in [0.25, 0.3) is 10.9 Å². The van der Waals surface area contributed by atoms with Gasteiger partial charge in [-0.1, -0.05) is 0 Å². The van der Waals surface area contributed by atoms with Crippen LogP contribution < -0.4 is 20.4 Å². The fraction of sp³-hybridized carbons (Fsp3) is 0.459. The molecule has 14 nitrogen and oxygen atoms in total. The minimum absolute atomic E-state index is 0.0146. The van der Waals surface area contributed by atoms with Crippen molar-refractivity contribution in [3.8, 4) is 5.75 Å². The lowest BCUT2D eigenvalue weighted by Crippen LogP contribution is -2.51. The highest BCUT2D eigenvalue weighted by atomic mass is 32.2. The van der Waals surface area contributed by atoms with Crippen molar-refractivity contribution in [2.75, 3.05) is 49.6 Å². The Morgan fingerprint density at radius 1 is 1.08 bits per heavy atom. The molecule has 2 unspecified atom stereocenters. The number of halogens is 1. The van der Waals surface area contributed by atoms with Crippen molar-refractivity contribution in [2.24, 2.45) is 0 Å². The maximum atomic E-state index is 15.3. The van der Waals surface area contributed by atoms with Gasteiger partial charge in [-0.05, 0) is 93.0 Å². The zero-order valence-corrected chi connectivity index (χ0v) is 31.0. The maximum absolute atomic E-state index is 15.3. The number of hydrogen-bond donors (Lipinski definition) is 2. The minimum atomic E-state index is -1.38. The van der Waals surface area contributed by atoms with Crippen molar-refractivity contribution in [1.29, 1.82) is 0 Å². The quantitative estimate of drug-likeness (QED) is 0.148. The lowest BCUT2D eigenvalue weighted by Gasteiger charge is -2.35. The van der Waals surface area contributed by atoms with Crippen molar-refractivity contribution in [1.82, 2.24) is 19.7 Å². The van der Waals surface area contributed by atoms with Gasteiger partial charge >= 0.3 is 18.0 Å². The van der Waals surface area contributed by atoms with Gasteiger partial charge in [-0.25, -0.2) is 18.8 Å². The van der Waals surface area contributed by atoms with Gasteiger partial charge < -0.3 is 39.2 Å². The molecule has 284 valence electrons. The van der Waals surface area contributed by atoms with E-state index in [0.717, 1.165) is 6.07 Å². The van der Waals surface area contributed by atoms with Crippen molar-refractivity contribution in [2.45, 2.75) is 65.3 Å². The largest absolute Gasteiger partial charge is 0.477 e. The third kappa shape index (κ3) is 8.58. The number of thioether (sulfide) groups is 1. The predicted octanol–water partition coefficient (Wildman–Crippen LogP) is 3.70. The summed E-state index contributed by atoms with van der Waals surface area (Å²) in [6.07, 6.45) is 4.68. The number of aromatic nitrogens is 1. The van der Waals surface area contributed by atoms with E-state index in [-0.39, 0.29) is 36.7 Å². The Balaban J connectivity index is 1.18. The lowest BCUT2D eigenvalue weighted by atomic mass is 10.1. The highest BCUT2D eigenvalue weighted by Crippen LogP contribution is 2.29. The van der Waals surface area contributed by atoms with Crippen molar-refractivity contribution in [3.05, 3.63) is 68.8 Å². The fourth-order valence-corrected chi connectivity index (χ4v) is 7.42. The summed E-state index contributed by atoms with van der Waals surface area (Å²) < 4.78 is 28.3. The number of aromatic carboxylic acids is 1. The molecule has 0 aliphatic carbocycles. The Hall–Kier alpha value is -5.12. The second-order valence-corrected chi connectivity index (χ2v) is 14.1. The minimum Gasteiger partial charge on any atom is -0.477 e. The molecular formula is C37H44FN5O9S. The molecule has 0 bridgehead atoms. The number of amides is 3. The molecule has 16 heteroatoms. The van der Waals surface area contributed by atoms with E-state index in [9.17, 15) is 33.9 Å². The summed E-state index contributed by atoms with van der Waals surface area (Å²) in [5.41, 5.74) is 1.48. The second kappa shape index (κ2) is 17.1. The highest BCUT2D eigenvalue weighted by molar-refractivity contribution is 7.98. The van der Waals surface area contributed by atoms with E-state index in [2.05, 4.69) is 5.32 Å². The van der Waals surface area contributed by atoms with Crippen LogP contribution >= 0.6 is 11.8 Å². The number of aryl methyl sites for hydroxylation is 3. The van der Waals surface area contributed by atoms with Crippen LogP contribution in [-0.2, 0) is 32.3 Å². The molecule has 3 aromatic rings. The monoisotopic (exact) mass is 753 g/mol. The number of fused-ring (bicyclic) bond motifs is 1. The number of carbonyl (C=O) groups excluding carboxylic acids is 4. The van der Waals surface area contributed by atoms with Crippen LogP contribution in [0.1, 0.15) is 53.2 Å². The molecule has 2 aromatic carbocycles. The molecule has 2 aliphatic heterocycles. The number of nitrogens with zero attached hydrogens (tertiary/aromatic N) is 4. The van der Waals surface area contributed by atoms with Gasteiger partial charge in [0.2, 0.25) is 17.7 Å². The van der Waals surface area contributed by atoms with Crippen LogP contribution in [0.5, 0.6) is 5.75 Å². The number of carbonyl (C=O) groups is 5. The van der Waals surface area contributed by atoms with Gasteiger partial charge in [-0.3, -0.25) is 14.4 Å². The van der Waals surface area contributed by atoms with E-state index >= 15 is 4.39 Å². The van der Waals surface area contributed by atoms with Crippen LogP contribution in [0.15, 0.2) is 35.3 Å². The van der Waals surface area contributed by atoms with Crippen molar-refractivity contribution < 1.29 is 42.9 Å². The second-order valence-electron chi connectivity index (χ2n) is 13.1. The lowest BCUT2D eigenvalue weighted by molar-refractivity contribution is -0.147. The molecule has 2 saturated heterocycles.